The Bertz CT molecular complexity index is 459. The van der Waals surface area contributed by atoms with Gasteiger partial charge in [-0.1, -0.05) is 0 Å². The summed E-state index contributed by atoms with van der Waals surface area (Å²) in [4.78, 5) is 26.9. The summed E-state index contributed by atoms with van der Waals surface area (Å²) in [5.74, 6) is -0.249. The van der Waals surface area contributed by atoms with Crippen LogP contribution in [0, 0.1) is 0 Å². The summed E-state index contributed by atoms with van der Waals surface area (Å²) in [6.45, 7) is 0.353. The lowest BCUT2D eigenvalue weighted by Crippen LogP contribution is -2.24. The van der Waals surface area contributed by atoms with Crippen LogP contribution in [0.15, 0.2) is 37.2 Å². The number of hydrogen-bond donors (Lipinski definition) is 1. The summed E-state index contributed by atoms with van der Waals surface area (Å²) in [5.41, 5.74) is 1.08. The molecule has 0 fully saturated rings. The van der Waals surface area contributed by atoms with Gasteiger partial charge < -0.3 is 5.32 Å². The van der Waals surface area contributed by atoms with Crippen LogP contribution in [0.3, 0.4) is 0 Å². The fraction of sp³-hybridized carbons (Fsp3) is 0.100. The fourth-order valence-corrected chi connectivity index (χ4v) is 1.11. The highest BCUT2D eigenvalue weighted by molar-refractivity contribution is 5.91. The summed E-state index contributed by atoms with van der Waals surface area (Å²) in [6, 6.07) is 3.29. The van der Waals surface area contributed by atoms with Crippen molar-refractivity contribution < 1.29 is 4.79 Å². The van der Waals surface area contributed by atoms with Crippen molar-refractivity contribution in [2.75, 3.05) is 0 Å². The molecule has 0 aliphatic carbocycles. The SMILES string of the molecule is O=C(NCc1ccncn1)c1ccncn1. The average molecular weight is 215 g/mol. The van der Waals surface area contributed by atoms with E-state index in [1.54, 1.807) is 18.3 Å². The van der Waals surface area contributed by atoms with Crippen molar-refractivity contribution in [2.45, 2.75) is 6.54 Å². The maximum absolute atomic E-state index is 11.6. The number of carbonyl (C=O) groups is 1. The number of nitrogens with zero attached hydrogens (tertiary/aromatic N) is 4. The van der Waals surface area contributed by atoms with Crippen LogP contribution in [-0.2, 0) is 6.54 Å². The zero-order valence-electron chi connectivity index (χ0n) is 8.37. The van der Waals surface area contributed by atoms with E-state index in [2.05, 4.69) is 25.3 Å². The predicted molar refractivity (Wildman–Crippen MR) is 55.2 cm³/mol. The van der Waals surface area contributed by atoms with Crippen molar-refractivity contribution in [1.82, 2.24) is 25.3 Å². The van der Waals surface area contributed by atoms with E-state index in [0.717, 1.165) is 5.69 Å². The van der Waals surface area contributed by atoms with E-state index in [9.17, 15) is 4.79 Å². The second-order valence-corrected chi connectivity index (χ2v) is 2.98. The van der Waals surface area contributed by atoms with Crippen LogP contribution in [-0.4, -0.2) is 25.8 Å². The van der Waals surface area contributed by atoms with Gasteiger partial charge in [-0.2, -0.15) is 0 Å². The summed E-state index contributed by atoms with van der Waals surface area (Å²) in [5, 5.41) is 2.70. The van der Waals surface area contributed by atoms with Gasteiger partial charge in [0.1, 0.15) is 18.3 Å². The molecule has 16 heavy (non-hydrogen) atoms. The number of carbonyl (C=O) groups excluding carboxylic acids is 1. The molecule has 0 aliphatic rings. The summed E-state index contributed by atoms with van der Waals surface area (Å²) in [6.07, 6.45) is 5.91. The molecule has 0 saturated heterocycles. The largest absolute Gasteiger partial charge is 0.345 e. The number of aromatic nitrogens is 4. The Morgan fingerprint density at radius 3 is 2.50 bits per heavy atom. The van der Waals surface area contributed by atoms with Crippen LogP contribution < -0.4 is 5.32 Å². The Balaban J connectivity index is 1.95. The average Bonchev–Trinajstić information content (AvgIpc) is 2.38. The van der Waals surface area contributed by atoms with Crippen molar-refractivity contribution in [3.63, 3.8) is 0 Å². The van der Waals surface area contributed by atoms with Crippen LogP contribution in [0.25, 0.3) is 0 Å². The highest BCUT2D eigenvalue weighted by Crippen LogP contribution is 1.94. The molecule has 0 atom stereocenters. The van der Waals surface area contributed by atoms with Crippen molar-refractivity contribution in [1.29, 1.82) is 0 Å². The fourth-order valence-electron chi connectivity index (χ4n) is 1.11. The summed E-state index contributed by atoms with van der Waals surface area (Å²) >= 11 is 0. The summed E-state index contributed by atoms with van der Waals surface area (Å²) < 4.78 is 0. The third-order valence-corrected chi connectivity index (χ3v) is 1.89. The molecule has 1 amide bonds. The van der Waals surface area contributed by atoms with E-state index >= 15 is 0 Å². The Morgan fingerprint density at radius 2 is 1.88 bits per heavy atom. The molecule has 2 aromatic heterocycles. The quantitative estimate of drug-likeness (QED) is 0.790. The maximum Gasteiger partial charge on any atom is 0.270 e. The number of amides is 1. The lowest BCUT2D eigenvalue weighted by Gasteiger charge is -2.02. The number of rotatable bonds is 3. The Hall–Kier alpha value is -2.37. The molecular weight excluding hydrogens is 206 g/mol. The Labute approximate surface area is 91.8 Å². The van der Waals surface area contributed by atoms with Gasteiger partial charge in [-0.25, -0.2) is 19.9 Å². The zero-order valence-corrected chi connectivity index (χ0v) is 8.37. The van der Waals surface area contributed by atoms with E-state index in [0.29, 0.717) is 12.2 Å². The molecule has 6 nitrogen and oxygen atoms in total. The molecule has 0 unspecified atom stereocenters. The first kappa shape index (κ1) is 10.2. The van der Waals surface area contributed by atoms with E-state index < -0.39 is 0 Å². The topological polar surface area (TPSA) is 80.7 Å². The molecule has 2 heterocycles. The molecule has 1 N–H and O–H groups in total. The van der Waals surface area contributed by atoms with Gasteiger partial charge in [0.05, 0.1) is 12.2 Å². The standard InChI is InChI=1S/C10H9N5O/c16-10(9-2-4-12-7-15-9)13-5-8-1-3-11-6-14-8/h1-4,6-7H,5H2,(H,13,16). The van der Waals surface area contributed by atoms with Gasteiger partial charge in [0.2, 0.25) is 0 Å². The maximum atomic E-state index is 11.6. The first-order valence-corrected chi connectivity index (χ1v) is 4.65. The van der Waals surface area contributed by atoms with Crippen molar-refractivity contribution in [3.8, 4) is 0 Å². The smallest absolute Gasteiger partial charge is 0.270 e. The van der Waals surface area contributed by atoms with E-state index in [4.69, 9.17) is 0 Å². The van der Waals surface area contributed by atoms with Gasteiger partial charge in [-0.15, -0.1) is 0 Å². The highest BCUT2D eigenvalue weighted by Gasteiger charge is 2.05. The first-order valence-electron chi connectivity index (χ1n) is 4.65. The minimum absolute atomic E-state index is 0.249. The molecule has 2 aromatic rings. The second-order valence-electron chi connectivity index (χ2n) is 2.98. The van der Waals surface area contributed by atoms with Crippen LogP contribution >= 0.6 is 0 Å². The van der Waals surface area contributed by atoms with Crippen molar-refractivity contribution in [2.24, 2.45) is 0 Å². The normalized spacial score (nSPS) is 9.75. The van der Waals surface area contributed by atoms with Gasteiger partial charge in [0.15, 0.2) is 0 Å². The van der Waals surface area contributed by atoms with E-state index in [1.807, 2.05) is 0 Å². The predicted octanol–water partition coefficient (Wildman–Crippen LogP) is 0.197. The summed E-state index contributed by atoms with van der Waals surface area (Å²) in [7, 11) is 0. The lowest BCUT2D eigenvalue weighted by molar-refractivity contribution is 0.0945. The van der Waals surface area contributed by atoms with E-state index in [-0.39, 0.29) is 5.91 Å². The first-order chi connectivity index (χ1) is 7.86. The number of hydrogen-bond acceptors (Lipinski definition) is 5. The van der Waals surface area contributed by atoms with Crippen molar-refractivity contribution >= 4 is 5.91 Å². The molecule has 80 valence electrons. The van der Waals surface area contributed by atoms with Gasteiger partial charge in [0, 0.05) is 12.4 Å². The van der Waals surface area contributed by atoms with Gasteiger partial charge in [-0.3, -0.25) is 4.79 Å². The van der Waals surface area contributed by atoms with Gasteiger partial charge in [0.25, 0.3) is 5.91 Å². The molecule has 0 spiro atoms. The molecular formula is C10H9N5O. The molecule has 0 saturated carbocycles. The van der Waals surface area contributed by atoms with Crippen LogP contribution in [0.2, 0.25) is 0 Å². The number of nitrogens with one attached hydrogen (secondary N) is 1. The third-order valence-electron chi connectivity index (χ3n) is 1.89. The van der Waals surface area contributed by atoms with Crippen LogP contribution in [0.5, 0.6) is 0 Å². The third kappa shape index (κ3) is 2.57. The molecule has 0 aromatic carbocycles. The highest BCUT2D eigenvalue weighted by atomic mass is 16.1. The molecule has 6 heteroatoms. The monoisotopic (exact) mass is 215 g/mol. The molecule has 0 aliphatic heterocycles. The Morgan fingerprint density at radius 1 is 1.12 bits per heavy atom. The molecule has 0 bridgehead atoms. The minimum Gasteiger partial charge on any atom is -0.345 e. The molecule has 2 rings (SSSR count). The van der Waals surface area contributed by atoms with Crippen molar-refractivity contribution in [3.05, 3.63) is 48.6 Å². The van der Waals surface area contributed by atoms with Gasteiger partial charge >= 0.3 is 0 Å². The van der Waals surface area contributed by atoms with Crippen LogP contribution in [0.4, 0.5) is 0 Å². The Kier molecular flexibility index (Phi) is 3.12. The van der Waals surface area contributed by atoms with E-state index in [1.165, 1.54) is 18.9 Å². The van der Waals surface area contributed by atoms with Crippen LogP contribution in [0.1, 0.15) is 16.2 Å². The molecule has 0 radical (unpaired) electrons. The van der Waals surface area contributed by atoms with Gasteiger partial charge in [-0.05, 0) is 12.1 Å². The lowest BCUT2D eigenvalue weighted by atomic mass is 10.3. The zero-order chi connectivity index (χ0) is 11.2. The minimum atomic E-state index is -0.249. The second kappa shape index (κ2) is 4.92.